The molecule has 0 aliphatic carbocycles. The van der Waals surface area contributed by atoms with Crippen LogP contribution in [0.5, 0.6) is 0 Å². The number of rotatable bonds is 6. The van der Waals surface area contributed by atoms with E-state index in [4.69, 9.17) is 46.4 Å². The summed E-state index contributed by atoms with van der Waals surface area (Å²) in [5.41, 5.74) is 3.04. The van der Waals surface area contributed by atoms with Gasteiger partial charge in [-0.3, -0.25) is 20.3 Å². The lowest BCUT2D eigenvalue weighted by Gasteiger charge is -2.12. The number of nitrogens with one attached hydrogen (secondary N) is 2. The number of nitrogens with zero attached hydrogens (tertiary/aromatic N) is 2. The van der Waals surface area contributed by atoms with Crippen LogP contribution in [0.3, 0.4) is 0 Å². The lowest BCUT2D eigenvalue weighted by atomic mass is 10.2. The van der Waals surface area contributed by atoms with E-state index in [1.807, 2.05) is 0 Å². The second-order valence-electron chi connectivity index (χ2n) is 5.21. The predicted molar refractivity (Wildman–Crippen MR) is 111 cm³/mol. The minimum absolute atomic E-state index is 0.0642. The standard InChI is InChI=1S/C16H12Cl4N4O4/c1-28-15(25)7-14(21-13-3-2-9(24(26)27)6-10(13)18)22-23-16-11(19)4-8(17)5-12(16)20/h2-6,23H,7H2,1H3,(H,21,22). The van der Waals surface area contributed by atoms with Crippen molar-refractivity contribution >= 4 is 75.3 Å². The molecule has 0 radical (unpaired) electrons. The first kappa shape index (κ1) is 22.0. The Hall–Kier alpha value is -2.26. The molecule has 0 heterocycles. The molecule has 8 nitrogen and oxygen atoms in total. The highest BCUT2D eigenvalue weighted by molar-refractivity contribution is 6.41. The summed E-state index contributed by atoms with van der Waals surface area (Å²) < 4.78 is 4.64. The first-order valence-corrected chi connectivity index (χ1v) is 8.97. The van der Waals surface area contributed by atoms with Crippen LogP contribution < -0.4 is 10.7 Å². The summed E-state index contributed by atoms with van der Waals surface area (Å²) in [5, 5.41) is 18.5. The minimum Gasteiger partial charge on any atom is -0.469 e. The minimum atomic E-state index is -0.584. The molecule has 2 rings (SSSR count). The number of hydrazone groups is 1. The topological polar surface area (TPSA) is 106 Å². The molecule has 0 spiro atoms. The largest absolute Gasteiger partial charge is 0.469 e. The van der Waals surface area contributed by atoms with Crippen LogP contribution >= 0.6 is 46.4 Å². The number of carbonyl (C=O) groups is 1. The first-order valence-electron chi connectivity index (χ1n) is 7.46. The van der Waals surface area contributed by atoms with Crippen LogP contribution in [0.4, 0.5) is 17.1 Å². The van der Waals surface area contributed by atoms with Crippen LogP contribution in [0.1, 0.15) is 6.42 Å². The summed E-state index contributed by atoms with van der Waals surface area (Å²) in [6.45, 7) is 0. The van der Waals surface area contributed by atoms with Gasteiger partial charge in [-0.1, -0.05) is 46.4 Å². The maximum atomic E-state index is 11.7. The SMILES string of the molecule is COC(=O)CC(=NNc1c(Cl)cc(Cl)cc1Cl)Nc1ccc([N+](=O)[O-])cc1Cl. The van der Waals surface area contributed by atoms with Gasteiger partial charge in [0, 0.05) is 17.2 Å². The van der Waals surface area contributed by atoms with Crippen molar-refractivity contribution in [3.63, 3.8) is 0 Å². The molecule has 148 valence electrons. The lowest BCUT2D eigenvalue weighted by Crippen LogP contribution is -2.19. The fraction of sp³-hybridized carbons (Fsp3) is 0.125. The van der Waals surface area contributed by atoms with Gasteiger partial charge >= 0.3 is 5.97 Å². The van der Waals surface area contributed by atoms with Crippen LogP contribution in [0, 0.1) is 10.1 Å². The number of anilines is 2. The third kappa shape index (κ3) is 5.87. The van der Waals surface area contributed by atoms with E-state index >= 15 is 0 Å². The lowest BCUT2D eigenvalue weighted by molar-refractivity contribution is -0.384. The number of nitro groups is 1. The van der Waals surface area contributed by atoms with Crippen molar-refractivity contribution in [3.8, 4) is 0 Å². The molecule has 0 saturated carbocycles. The summed E-state index contributed by atoms with van der Waals surface area (Å²) in [5.74, 6) is -0.482. The zero-order chi connectivity index (χ0) is 20.8. The summed E-state index contributed by atoms with van der Waals surface area (Å²) in [6.07, 6.45) is -0.250. The molecule has 0 aliphatic rings. The second-order valence-corrected chi connectivity index (χ2v) is 6.87. The van der Waals surface area contributed by atoms with E-state index in [1.54, 1.807) is 0 Å². The maximum Gasteiger partial charge on any atom is 0.313 e. The Bertz CT molecular complexity index is 929. The number of amidine groups is 1. The molecule has 0 fully saturated rings. The number of non-ortho nitro benzene ring substituents is 1. The summed E-state index contributed by atoms with van der Waals surface area (Å²) in [7, 11) is 1.22. The molecule has 12 heteroatoms. The monoisotopic (exact) mass is 464 g/mol. The number of carbonyl (C=O) groups excluding carboxylic acids is 1. The molecule has 0 aromatic heterocycles. The van der Waals surface area contributed by atoms with Gasteiger partial charge in [-0.2, -0.15) is 5.10 Å². The van der Waals surface area contributed by atoms with E-state index in [2.05, 4.69) is 20.6 Å². The van der Waals surface area contributed by atoms with Gasteiger partial charge in [-0.25, -0.2) is 0 Å². The molecule has 0 amide bonds. The Morgan fingerprint density at radius 2 is 1.79 bits per heavy atom. The highest BCUT2D eigenvalue weighted by Crippen LogP contribution is 2.34. The number of benzene rings is 2. The molecular weight excluding hydrogens is 454 g/mol. The molecule has 0 aliphatic heterocycles. The summed E-state index contributed by atoms with van der Waals surface area (Å²) in [4.78, 5) is 21.9. The van der Waals surface area contributed by atoms with Crippen molar-refractivity contribution in [2.24, 2.45) is 5.10 Å². The van der Waals surface area contributed by atoms with E-state index in [0.29, 0.717) is 10.7 Å². The van der Waals surface area contributed by atoms with Crippen molar-refractivity contribution in [1.29, 1.82) is 0 Å². The van der Waals surface area contributed by atoms with Crippen LogP contribution in [-0.2, 0) is 9.53 Å². The van der Waals surface area contributed by atoms with Gasteiger partial charge in [-0.15, -0.1) is 0 Å². The van der Waals surface area contributed by atoms with E-state index in [1.165, 1.54) is 37.4 Å². The molecule has 0 atom stereocenters. The maximum absolute atomic E-state index is 11.7. The van der Waals surface area contributed by atoms with Gasteiger partial charge in [0.25, 0.3) is 5.69 Å². The number of nitro benzene ring substituents is 1. The highest BCUT2D eigenvalue weighted by Gasteiger charge is 2.14. The number of methoxy groups -OCH3 is 1. The zero-order valence-electron chi connectivity index (χ0n) is 14.1. The summed E-state index contributed by atoms with van der Waals surface area (Å²) in [6, 6.07) is 6.74. The van der Waals surface area contributed by atoms with Crippen molar-refractivity contribution in [3.05, 3.63) is 60.5 Å². The van der Waals surface area contributed by atoms with E-state index in [-0.39, 0.29) is 38.7 Å². The average Bonchev–Trinajstić information content (AvgIpc) is 2.61. The van der Waals surface area contributed by atoms with Gasteiger partial charge in [0.15, 0.2) is 0 Å². The fourth-order valence-corrected chi connectivity index (χ4v) is 3.09. The molecule has 0 saturated heterocycles. The normalized spacial score (nSPS) is 11.1. The van der Waals surface area contributed by atoms with Crippen LogP contribution in [-0.4, -0.2) is 23.8 Å². The van der Waals surface area contributed by atoms with Gasteiger partial charge in [0.2, 0.25) is 0 Å². The third-order valence-corrected chi connectivity index (χ3v) is 4.42. The third-order valence-electron chi connectivity index (χ3n) is 3.29. The molecule has 2 N–H and O–H groups in total. The van der Waals surface area contributed by atoms with Crippen LogP contribution in [0.2, 0.25) is 20.1 Å². The number of hydrogen-bond donors (Lipinski definition) is 2. The van der Waals surface area contributed by atoms with E-state index in [0.717, 1.165) is 0 Å². The van der Waals surface area contributed by atoms with Crippen molar-refractivity contribution in [2.45, 2.75) is 6.42 Å². The molecule has 28 heavy (non-hydrogen) atoms. The number of hydrogen-bond acceptors (Lipinski definition) is 6. The number of esters is 1. The second kappa shape index (κ2) is 9.79. The average molecular weight is 466 g/mol. The Balaban J connectivity index is 2.31. The molecule has 0 unspecified atom stereocenters. The molecule has 2 aromatic carbocycles. The Labute approximate surface area is 179 Å². The number of halogens is 4. The van der Waals surface area contributed by atoms with E-state index < -0.39 is 10.9 Å². The van der Waals surface area contributed by atoms with Gasteiger partial charge in [0.1, 0.15) is 12.3 Å². The van der Waals surface area contributed by atoms with Crippen LogP contribution in [0.25, 0.3) is 0 Å². The van der Waals surface area contributed by atoms with Crippen molar-refractivity contribution in [2.75, 3.05) is 17.9 Å². The molecule has 2 aromatic rings. The Morgan fingerprint density at radius 3 is 2.32 bits per heavy atom. The van der Waals surface area contributed by atoms with E-state index in [9.17, 15) is 14.9 Å². The number of ether oxygens (including phenoxy) is 1. The molecular formula is C16H12Cl4N4O4. The quantitative estimate of drug-likeness (QED) is 0.189. The zero-order valence-corrected chi connectivity index (χ0v) is 17.2. The summed E-state index contributed by atoms with van der Waals surface area (Å²) >= 11 is 24.1. The highest BCUT2D eigenvalue weighted by atomic mass is 35.5. The fourth-order valence-electron chi connectivity index (χ4n) is 1.97. The Kier molecular flexibility index (Phi) is 7.70. The molecule has 0 bridgehead atoms. The van der Waals surface area contributed by atoms with Gasteiger partial charge in [0.05, 0.1) is 38.5 Å². The van der Waals surface area contributed by atoms with Crippen molar-refractivity contribution in [1.82, 2.24) is 0 Å². The van der Waals surface area contributed by atoms with Gasteiger partial charge < -0.3 is 10.1 Å². The van der Waals surface area contributed by atoms with Crippen molar-refractivity contribution < 1.29 is 14.5 Å². The van der Waals surface area contributed by atoms with Gasteiger partial charge in [-0.05, 0) is 18.2 Å². The predicted octanol–water partition coefficient (Wildman–Crippen LogP) is 5.61. The van der Waals surface area contributed by atoms with Crippen LogP contribution in [0.15, 0.2) is 35.4 Å². The smallest absolute Gasteiger partial charge is 0.313 e. The first-order chi connectivity index (χ1) is 13.2. The Morgan fingerprint density at radius 1 is 1.14 bits per heavy atom.